The van der Waals surface area contributed by atoms with Crippen molar-refractivity contribution in [2.75, 3.05) is 5.32 Å². The van der Waals surface area contributed by atoms with Crippen molar-refractivity contribution < 1.29 is 5.11 Å². The van der Waals surface area contributed by atoms with E-state index in [9.17, 15) is 9.90 Å². The van der Waals surface area contributed by atoms with Crippen molar-refractivity contribution in [3.63, 3.8) is 0 Å². The summed E-state index contributed by atoms with van der Waals surface area (Å²) in [4.78, 5) is 16.6. The molecule has 0 unspecified atom stereocenters. The molecule has 2 N–H and O–H groups in total. The van der Waals surface area contributed by atoms with E-state index in [4.69, 9.17) is 0 Å². The quantitative estimate of drug-likeness (QED) is 0.727. The van der Waals surface area contributed by atoms with E-state index >= 15 is 0 Å². The van der Waals surface area contributed by atoms with Gasteiger partial charge in [0, 0.05) is 48.3 Å². The summed E-state index contributed by atoms with van der Waals surface area (Å²) in [6, 6.07) is 8.10. The fraction of sp³-hybridized carbons (Fsp3) is 0.455. The topological polar surface area (TPSA) is 72.1 Å². The molecule has 28 heavy (non-hydrogen) atoms. The summed E-state index contributed by atoms with van der Waals surface area (Å²) in [7, 11) is 1.81. The van der Waals surface area contributed by atoms with E-state index in [-0.39, 0.29) is 5.56 Å². The third-order valence-electron chi connectivity index (χ3n) is 6.12. The largest absolute Gasteiger partial charge is 0.390 e. The third-order valence-corrected chi connectivity index (χ3v) is 6.12. The van der Waals surface area contributed by atoms with Gasteiger partial charge < -0.3 is 19.6 Å². The van der Waals surface area contributed by atoms with Crippen molar-refractivity contribution >= 4 is 16.6 Å². The Morgan fingerprint density at radius 3 is 2.57 bits per heavy atom. The van der Waals surface area contributed by atoms with E-state index in [1.54, 1.807) is 30.2 Å². The minimum atomic E-state index is -0.625. The Morgan fingerprint density at radius 2 is 1.93 bits per heavy atom. The van der Waals surface area contributed by atoms with Crippen LogP contribution in [0.1, 0.15) is 39.5 Å². The number of aliphatic hydroxyl groups is 1. The van der Waals surface area contributed by atoms with Crippen LogP contribution in [-0.4, -0.2) is 30.9 Å². The standard InChI is InChI=1S/C22H28N4O2/c1-22(2,28)15-4-6-16(7-5-15)24-19-13-21(27)25(3)20-9-8-17(12-18(19)20)26-11-10-23-14-26/h8-16,24,28H,4-7H2,1-3H3. The minimum absolute atomic E-state index is 0.0180. The summed E-state index contributed by atoms with van der Waals surface area (Å²) in [6.07, 6.45) is 9.40. The molecular weight excluding hydrogens is 352 g/mol. The zero-order chi connectivity index (χ0) is 19.9. The van der Waals surface area contributed by atoms with Gasteiger partial charge in [0.25, 0.3) is 5.56 Å². The van der Waals surface area contributed by atoms with Crippen LogP contribution in [0.5, 0.6) is 0 Å². The first-order valence-electron chi connectivity index (χ1n) is 9.94. The zero-order valence-electron chi connectivity index (χ0n) is 16.7. The molecule has 0 saturated heterocycles. The lowest BCUT2D eigenvalue weighted by molar-refractivity contribution is -0.000387. The van der Waals surface area contributed by atoms with Gasteiger partial charge in [0.2, 0.25) is 0 Å². The van der Waals surface area contributed by atoms with Crippen molar-refractivity contribution in [3.05, 3.63) is 53.3 Å². The number of hydrogen-bond acceptors (Lipinski definition) is 4. The molecule has 2 heterocycles. The average Bonchev–Trinajstić information content (AvgIpc) is 3.20. The van der Waals surface area contributed by atoms with Gasteiger partial charge >= 0.3 is 0 Å². The lowest BCUT2D eigenvalue weighted by Gasteiger charge is -2.36. The maximum absolute atomic E-state index is 12.5. The Kier molecular flexibility index (Phi) is 4.75. The fourth-order valence-electron chi connectivity index (χ4n) is 4.30. The van der Waals surface area contributed by atoms with Gasteiger partial charge in [-0.1, -0.05) is 0 Å². The number of nitrogens with one attached hydrogen (secondary N) is 1. The maximum Gasteiger partial charge on any atom is 0.252 e. The molecule has 3 aromatic rings. The number of nitrogens with zero attached hydrogens (tertiary/aromatic N) is 3. The number of aromatic nitrogens is 3. The van der Waals surface area contributed by atoms with Gasteiger partial charge in [-0.05, 0) is 63.6 Å². The van der Waals surface area contributed by atoms with Crippen LogP contribution in [0.2, 0.25) is 0 Å². The second kappa shape index (κ2) is 7.09. The Morgan fingerprint density at radius 1 is 1.18 bits per heavy atom. The monoisotopic (exact) mass is 380 g/mol. The molecule has 0 aliphatic heterocycles. The van der Waals surface area contributed by atoms with Gasteiger partial charge in [-0.2, -0.15) is 0 Å². The highest BCUT2D eigenvalue weighted by Crippen LogP contribution is 2.34. The molecule has 1 fully saturated rings. The highest BCUT2D eigenvalue weighted by atomic mass is 16.3. The first-order valence-corrected chi connectivity index (χ1v) is 9.94. The van der Waals surface area contributed by atoms with Crippen LogP contribution < -0.4 is 10.9 Å². The highest BCUT2D eigenvalue weighted by Gasteiger charge is 2.31. The van der Waals surface area contributed by atoms with E-state index in [1.165, 1.54) is 0 Å². The zero-order valence-corrected chi connectivity index (χ0v) is 16.7. The molecule has 6 nitrogen and oxygen atoms in total. The molecule has 148 valence electrons. The maximum atomic E-state index is 12.5. The summed E-state index contributed by atoms with van der Waals surface area (Å²) in [6.45, 7) is 3.80. The average molecular weight is 380 g/mol. The first kappa shape index (κ1) is 18.7. The molecular formula is C22H28N4O2. The molecule has 0 bridgehead atoms. The highest BCUT2D eigenvalue weighted by molar-refractivity contribution is 5.93. The van der Waals surface area contributed by atoms with Crippen LogP contribution in [0, 0.1) is 5.92 Å². The van der Waals surface area contributed by atoms with E-state index < -0.39 is 5.60 Å². The Hall–Kier alpha value is -2.60. The van der Waals surface area contributed by atoms with E-state index in [0.29, 0.717) is 12.0 Å². The molecule has 0 radical (unpaired) electrons. The smallest absolute Gasteiger partial charge is 0.252 e. The summed E-state index contributed by atoms with van der Waals surface area (Å²) in [5.41, 5.74) is 2.16. The van der Waals surface area contributed by atoms with E-state index in [1.807, 2.05) is 36.7 Å². The van der Waals surface area contributed by atoms with Crippen LogP contribution in [0.25, 0.3) is 16.6 Å². The summed E-state index contributed by atoms with van der Waals surface area (Å²) < 4.78 is 3.65. The number of imidazole rings is 1. The number of anilines is 1. The predicted molar refractivity (Wildman–Crippen MR) is 112 cm³/mol. The number of aryl methyl sites for hydroxylation is 1. The molecule has 0 atom stereocenters. The number of benzene rings is 1. The van der Waals surface area contributed by atoms with E-state index in [0.717, 1.165) is 48.0 Å². The molecule has 0 spiro atoms. The molecule has 1 aliphatic rings. The van der Waals surface area contributed by atoms with Crippen molar-refractivity contribution in [3.8, 4) is 5.69 Å². The van der Waals surface area contributed by atoms with Gasteiger partial charge in [-0.3, -0.25) is 4.79 Å². The summed E-state index contributed by atoms with van der Waals surface area (Å²) in [5.74, 6) is 0.332. The minimum Gasteiger partial charge on any atom is -0.390 e. The van der Waals surface area contributed by atoms with Crippen molar-refractivity contribution in [2.45, 2.75) is 51.2 Å². The van der Waals surface area contributed by atoms with Crippen LogP contribution in [0.15, 0.2) is 47.8 Å². The lowest BCUT2D eigenvalue weighted by atomic mass is 9.77. The van der Waals surface area contributed by atoms with Crippen LogP contribution in [0.4, 0.5) is 5.69 Å². The Labute approximate surface area is 164 Å². The van der Waals surface area contributed by atoms with Crippen LogP contribution in [-0.2, 0) is 7.05 Å². The van der Waals surface area contributed by atoms with Gasteiger partial charge in [0.05, 0.1) is 17.4 Å². The molecule has 4 rings (SSSR count). The fourth-order valence-corrected chi connectivity index (χ4v) is 4.30. The van der Waals surface area contributed by atoms with Crippen molar-refractivity contribution in [2.24, 2.45) is 13.0 Å². The lowest BCUT2D eigenvalue weighted by Crippen LogP contribution is -2.37. The normalized spacial score (nSPS) is 20.4. The molecule has 0 amide bonds. The number of hydrogen-bond donors (Lipinski definition) is 2. The van der Waals surface area contributed by atoms with Crippen molar-refractivity contribution in [1.82, 2.24) is 14.1 Å². The summed E-state index contributed by atoms with van der Waals surface area (Å²) in [5, 5.41) is 14.9. The first-order chi connectivity index (χ1) is 13.3. The van der Waals surface area contributed by atoms with E-state index in [2.05, 4.69) is 16.4 Å². The van der Waals surface area contributed by atoms with Gasteiger partial charge in [0.15, 0.2) is 0 Å². The SMILES string of the molecule is Cn1c(=O)cc(NC2CCC(C(C)(C)O)CC2)c2cc(-n3ccnc3)ccc21. The van der Waals surface area contributed by atoms with Gasteiger partial charge in [-0.25, -0.2) is 4.98 Å². The summed E-state index contributed by atoms with van der Waals surface area (Å²) >= 11 is 0. The molecule has 6 heteroatoms. The molecule has 2 aromatic heterocycles. The van der Waals surface area contributed by atoms with Gasteiger partial charge in [-0.15, -0.1) is 0 Å². The molecule has 1 aromatic carbocycles. The molecule has 1 saturated carbocycles. The predicted octanol–water partition coefficient (Wildman–Crippen LogP) is 3.47. The third kappa shape index (κ3) is 3.56. The number of pyridine rings is 1. The van der Waals surface area contributed by atoms with Gasteiger partial charge in [0.1, 0.15) is 0 Å². The Bertz CT molecular complexity index is 1020. The van der Waals surface area contributed by atoms with Crippen molar-refractivity contribution in [1.29, 1.82) is 0 Å². The molecule has 1 aliphatic carbocycles. The number of rotatable bonds is 4. The van der Waals surface area contributed by atoms with Crippen LogP contribution >= 0.6 is 0 Å². The number of fused-ring (bicyclic) bond motifs is 1. The second-order valence-corrected chi connectivity index (χ2v) is 8.47. The Balaban J connectivity index is 1.66. The van der Waals surface area contributed by atoms with Crippen LogP contribution in [0.3, 0.4) is 0 Å². The second-order valence-electron chi connectivity index (χ2n) is 8.47.